The van der Waals surface area contributed by atoms with Crippen molar-refractivity contribution in [2.24, 2.45) is 0 Å². The fraction of sp³-hybridized carbons (Fsp3) is 0.600. The van der Waals surface area contributed by atoms with Gasteiger partial charge in [0.05, 0.1) is 12.1 Å². The van der Waals surface area contributed by atoms with Gasteiger partial charge in [0.1, 0.15) is 11.3 Å². The minimum atomic E-state index is -3.72. The third kappa shape index (κ3) is 3.18. The Kier molecular flexibility index (Phi) is 4.63. The molecule has 0 radical (unpaired) electrons. The Morgan fingerprint density at radius 3 is 3.00 bits per heavy atom. The second kappa shape index (κ2) is 6.06. The molecule has 1 aliphatic heterocycles. The van der Waals surface area contributed by atoms with Crippen molar-refractivity contribution in [1.29, 1.82) is 0 Å². The maximum Gasteiger partial charge on any atom is 0.280 e. The van der Waals surface area contributed by atoms with Crippen molar-refractivity contribution in [3.63, 3.8) is 0 Å². The summed E-state index contributed by atoms with van der Waals surface area (Å²) in [5.74, 6) is 0. The molecule has 7 nitrogen and oxygen atoms in total. The van der Waals surface area contributed by atoms with E-state index in [2.05, 4.69) is 9.71 Å². The highest BCUT2D eigenvalue weighted by Gasteiger charge is 2.39. The molecule has 1 aliphatic rings. The molecule has 2 rings (SSSR count). The van der Waals surface area contributed by atoms with Gasteiger partial charge >= 0.3 is 0 Å². The predicted octanol–water partition coefficient (Wildman–Crippen LogP) is -0.326. The highest BCUT2D eigenvalue weighted by atomic mass is 32.2. The molecule has 9 heteroatoms. The van der Waals surface area contributed by atoms with Crippen LogP contribution >= 0.6 is 11.3 Å². The Morgan fingerprint density at radius 1 is 1.63 bits per heavy atom. The molecule has 0 spiro atoms. The first-order valence-corrected chi connectivity index (χ1v) is 8.15. The monoisotopic (exact) mass is 305 g/mol. The number of aliphatic hydroxyl groups is 1. The lowest BCUT2D eigenvalue weighted by atomic mass is 10.1. The van der Waals surface area contributed by atoms with Crippen LogP contribution < -0.4 is 4.72 Å². The maximum atomic E-state index is 12.1. The van der Waals surface area contributed by atoms with Crippen LogP contribution in [0, 0.1) is 0 Å². The van der Waals surface area contributed by atoms with Gasteiger partial charge in [-0.25, -0.2) is 4.98 Å². The van der Waals surface area contributed by atoms with Gasteiger partial charge in [-0.2, -0.15) is 17.4 Å². The van der Waals surface area contributed by atoms with Crippen LogP contribution in [0.5, 0.6) is 0 Å². The van der Waals surface area contributed by atoms with Crippen molar-refractivity contribution in [3.05, 3.63) is 16.6 Å². The summed E-state index contributed by atoms with van der Waals surface area (Å²) in [6.07, 6.45) is 2.88. The zero-order valence-electron chi connectivity index (χ0n) is 10.1. The van der Waals surface area contributed by atoms with Gasteiger partial charge < -0.3 is 9.90 Å². The van der Waals surface area contributed by atoms with Gasteiger partial charge in [0.15, 0.2) is 0 Å². The van der Waals surface area contributed by atoms with Gasteiger partial charge in [0, 0.05) is 24.7 Å². The quantitative estimate of drug-likeness (QED) is 0.726. The van der Waals surface area contributed by atoms with Crippen LogP contribution in [0.3, 0.4) is 0 Å². The number of aldehydes is 1. The number of thiazole rings is 1. The molecule has 1 aromatic rings. The maximum absolute atomic E-state index is 12.1. The number of nitrogens with one attached hydrogen (secondary N) is 1. The van der Waals surface area contributed by atoms with E-state index in [1.807, 2.05) is 0 Å². The van der Waals surface area contributed by atoms with Crippen LogP contribution in [0.1, 0.15) is 23.9 Å². The lowest BCUT2D eigenvalue weighted by molar-refractivity contribution is -0.111. The Balaban J connectivity index is 2.20. The van der Waals surface area contributed by atoms with Crippen molar-refractivity contribution in [1.82, 2.24) is 14.0 Å². The molecule has 1 saturated heterocycles. The molecule has 106 valence electrons. The number of carbonyl (C=O) groups is 1. The van der Waals surface area contributed by atoms with E-state index in [0.717, 1.165) is 4.31 Å². The van der Waals surface area contributed by atoms with Gasteiger partial charge in [-0.3, -0.25) is 0 Å². The standard InChI is InChI=1S/C10H15N3O4S2/c14-4-1-3-13-8(7-15)6-9(12-19(13,16)17)10-11-2-5-18-10/h2,5,7-9,12,14H,1,3-4,6H2/t8-,9+/m0/s1. The normalized spacial score (nSPS) is 27.2. The lowest BCUT2D eigenvalue weighted by Crippen LogP contribution is -2.54. The first-order chi connectivity index (χ1) is 9.08. The van der Waals surface area contributed by atoms with E-state index in [4.69, 9.17) is 5.11 Å². The Labute approximate surface area is 115 Å². The Morgan fingerprint density at radius 2 is 2.42 bits per heavy atom. The first-order valence-electron chi connectivity index (χ1n) is 5.83. The molecule has 2 heterocycles. The molecule has 2 atom stereocenters. The molecule has 0 bridgehead atoms. The minimum Gasteiger partial charge on any atom is -0.396 e. The van der Waals surface area contributed by atoms with E-state index in [-0.39, 0.29) is 13.2 Å². The van der Waals surface area contributed by atoms with Gasteiger partial charge in [0.25, 0.3) is 10.2 Å². The summed E-state index contributed by atoms with van der Waals surface area (Å²) in [5, 5.41) is 11.2. The summed E-state index contributed by atoms with van der Waals surface area (Å²) in [5.41, 5.74) is 0. The number of nitrogens with zero attached hydrogens (tertiary/aromatic N) is 2. The number of carbonyl (C=O) groups excluding carboxylic acids is 1. The summed E-state index contributed by atoms with van der Waals surface area (Å²) in [4.78, 5) is 15.2. The van der Waals surface area contributed by atoms with Crippen molar-refractivity contribution in [3.8, 4) is 0 Å². The molecule has 2 N–H and O–H groups in total. The van der Waals surface area contributed by atoms with Gasteiger partial charge in [-0.15, -0.1) is 11.3 Å². The second-order valence-corrected chi connectivity index (χ2v) is 6.75. The van der Waals surface area contributed by atoms with E-state index in [0.29, 0.717) is 24.1 Å². The molecule has 0 unspecified atom stereocenters. The SMILES string of the molecule is O=C[C@@H]1C[C@H](c2nccs2)NS(=O)(=O)N1CCCO. The Hall–Kier alpha value is -0.870. The lowest BCUT2D eigenvalue weighted by Gasteiger charge is -2.35. The topological polar surface area (TPSA) is 99.6 Å². The van der Waals surface area contributed by atoms with E-state index >= 15 is 0 Å². The first kappa shape index (κ1) is 14.5. The van der Waals surface area contributed by atoms with Crippen LogP contribution in [-0.4, -0.2) is 48.3 Å². The number of hydrogen-bond acceptors (Lipinski definition) is 6. The van der Waals surface area contributed by atoms with Crippen LogP contribution in [0.2, 0.25) is 0 Å². The van der Waals surface area contributed by atoms with Gasteiger partial charge in [-0.05, 0) is 12.8 Å². The molecular formula is C10H15N3O4S2. The van der Waals surface area contributed by atoms with Crippen LogP contribution in [-0.2, 0) is 15.0 Å². The fourth-order valence-corrected chi connectivity index (χ4v) is 4.37. The highest BCUT2D eigenvalue weighted by molar-refractivity contribution is 7.87. The Bertz CT molecular complexity index is 517. The average Bonchev–Trinajstić information content (AvgIpc) is 2.89. The summed E-state index contributed by atoms with van der Waals surface area (Å²) in [6.45, 7) is 0.00728. The minimum absolute atomic E-state index is 0.118. The van der Waals surface area contributed by atoms with Crippen molar-refractivity contribution in [2.75, 3.05) is 13.2 Å². The van der Waals surface area contributed by atoms with Crippen LogP contribution in [0.15, 0.2) is 11.6 Å². The summed E-state index contributed by atoms with van der Waals surface area (Å²) >= 11 is 1.35. The molecule has 1 fully saturated rings. The molecule has 0 amide bonds. The summed E-state index contributed by atoms with van der Waals surface area (Å²) in [6, 6.07) is -1.18. The second-order valence-electron chi connectivity index (χ2n) is 4.17. The number of hydrogen-bond donors (Lipinski definition) is 2. The molecule has 0 saturated carbocycles. The molecular weight excluding hydrogens is 290 g/mol. The number of rotatable bonds is 5. The van der Waals surface area contributed by atoms with Gasteiger partial charge in [-0.1, -0.05) is 0 Å². The van der Waals surface area contributed by atoms with Crippen LogP contribution in [0.4, 0.5) is 0 Å². The van der Waals surface area contributed by atoms with Crippen molar-refractivity contribution in [2.45, 2.75) is 24.9 Å². The molecule has 0 aliphatic carbocycles. The molecule has 1 aromatic heterocycles. The third-order valence-corrected chi connectivity index (χ3v) is 5.43. The zero-order valence-corrected chi connectivity index (χ0v) is 11.7. The van der Waals surface area contributed by atoms with Gasteiger partial charge in [0.2, 0.25) is 0 Å². The van der Waals surface area contributed by atoms with Crippen LogP contribution in [0.25, 0.3) is 0 Å². The van der Waals surface area contributed by atoms with E-state index in [1.54, 1.807) is 11.6 Å². The highest BCUT2D eigenvalue weighted by Crippen LogP contribution is 2.28. The third-order valence-electron chi connectivity index (χ3n) is 2.89. The predicted molar refractivity (Wildman–Crippen MR) is 69.8 cm³/mol. The number of aromatic nitrogens is 1. The van der Waals surface area contributed by atoms with E-state index < -0.39 is 22.3 Å². The fourth-order valence-electron chi connectivity index (χ4n) is 2.03. The summed E-state index contributed by atoms with van der Waals surface area (Å²) < 4.78 is 27.8. The van der Waals surface area contributed by atoms with E-state index in [9.17, 15) is 13.2 Å². The largest absolute Gasteiger partial charge is 0.396 e. The smallest absolute Gasteiger partial charge is 0.280 e. The van der Waals surface area contributed by atoms with E-state index in [1.165, 1.54) is 11.3 Å². The summed E-state index contributed by atoms with van der Waals surface area (Å²) in [7, 11) is -3.72. The zero-order chi connectivity index (χ0) is 13.9. The van der Waals surface area contributed by atoms with Crippen molar-refractivity contribution < 1.29 is 18.3 Å². The molecule has 19 heavy (non-hydrogen) atoms. The average molecular weight is 305 g/mol. The number of aliphatic hydroxyl groups excluding tert-OH is 1. The molecule has 0 aromatic carbocycles. The van der Waals surface area contributed by atoms with Crippen molar-refractivity contribution >= 4 is 27.8 Å².